The van der Waals surface area contributed by atoms with Crippen molar-refractivity contribution in [3.63, 3.8) is 0 Å². The summed E-state index contributed by atoms with van der Waals surface area (Å²) in [5.41, 5.74) is 1.12. The molecule has 1 N–H and O–H groups in total. The maximum absolute atomic E-state index is 5.50. The highest BCUT2D eigenvalue weighted by Gasteiger charge is 2.21. The maximum atomic E-state index is 5.50. The van der Waals surface area contributed by atoms with Crippen molar-refractivity contribution in [2.45, 2.75) is 32.4 Å². The first kappa shape index (κ1) is 17.9. The van der Waals surface area contributed by atoms with Gasteiger partial charge in [0.1, 0.15) is 0 Å². The lowest BCUT2D eigenvalue weighted by molar-refractivity contribution is 0.180. The molecule has 1 heterocycles. The summed E-state index contributed by atoms with van der Waals surface area (Å²) in [7, 11) is 7.57. The van der Waals surface area contributed by atoms with Gasteiger partial charge in [0, 0.05) is 20.3 Å². The topological polar surface area (TPSA) is 51.5 Å². The number of aromatic nitrogens is 2. The second kappa shape index (κ2) is 9.76. The number of nitrogens with zero attached hydrogens (tertiary/aromatic N) is 3. The Morgan fingerprint density at radius 1 is 1.38 bits per heavy atom. The SMILES string of the molecule is CCCNC(CCOC)c1c(OC)cnn1CCN(C)C. The molecule has 0 aromatic carbocycles. The number of hydrogen-bond acceptors (Lipinski definition) is 5. The number of rotatable bonds is 11. The van der Waals surface area contributed by atoms with Gasteiger partial charge in [0.2, 0.25) is 0 Å². The Morgan fingerprint density at radius 3 is 2.71 bits per heavy atom. The zero-order valence-electron chi connectivity index (χ0n) is 14.1. The summed E-state index contributed by atoms with van der Waals surface area (Å²) >= 11 is 0. The predicted octanol–water partition coefficient (Wildman–Crippen LogP) is 1.53. The molecule has 122 valence electrons. The molecule has 0 aliphatic rings. The van der Waals surface area contributed by atoms with Gasteiger partial charge in [0.25, 0.3) is 0 Å². The molecular formula is C15H30N4O2. The van der Waals surface area contributed by atoms with Crippen LogP contribution in [0.1, 0.15) is 31.5 Å². The average Bonchev–Trinajstić information content (AvgIpc) is 2.88. The van der Waals surface area contributed by atoms with Crippen LogP contribution >= 0.6 is 0 Å². The lowest BCUT2D eigenvalue weighted by Gasteiger charge is -2.21. The van der Waals surface area contributed by atoms with Gasteiger partial charge in [-0.2, -0.15) is 5.10 Å². The standard InChI is InChI=1S/C15H30N4O2/c1-6-8-16-13(7-11-20-4)15-14(21-5)12-17-19(15)10-9-18(2)3/h12-13,16H,6-11H2,1-5H3. The molecule has 0 radical (unpaired) electrons. The Balaban J connectivity index is 2.92. The fourth-order valence-electron chi connectivity index (χ4n) is 2.25. The van der Waals surface area contributed by atoms with E-state index in [1.807, 2.05) is 4.68 Å². The fourth-order valence-corrected chi connectivity index (χ4v) is 2.25. The molecule has 1 aromatic rings. The van der Waals surface area contributed by atoms with Gasteiger partial charge in [-0.3, -0.25) is 4.68 Å². The Labute approximate surface area is 128 Å². The molecule has 1 aromatic heterocycles. The van der Waals surface area contributed by atoms with Gasteiger partial charge >= 0.3 is 0 Å². The second-order valence-corrected chi connectivity index (χ2v) is 5.41. The smallest absolute Gasteiger partial charge is 0.161 e. The van der Waals surface area contributed by atoms with Gasteiger partial charge in [-0.15, -0.1) is 0 Å². The van der Waals surface area contributed by atoms with Crippen LogP contribution in [0.3, 0.4) is 0 Å². The molecule has 1 atom stereocenters. The Hall–Kier alpha value is -1.11. The van der Waals surface area contributed by atoms with E-state index in [0.717, 1.165) is 43.9 Å². The molecule has 0 saturated heterocycles. The van der Waals surface area contributed by atoms with Crippen LogP contribution < -0.4 is 10.1 Å². The maximum Gasteiger partial charge on any atom is 0.161 e. The molecule has 6 nitrogen and oxygen atoms in total. The molecule has 0 saturated carbocycles. The van der Waals surface area contributed by atoms with Gasteiger partial charge in [-0.05, 0) is 33.5 Å². The quantitative estimate of drug-likeness (QED) is 0.671. The first-order chi connectivity index (χ1) is 10.1. The summed E-state index contributed by atoms with van der Waals surface area (Å²) in [6, 6.07) is 0.199. The predicted molar refractivity (Wildman–Crippen MR) is 84.9 cm³/mol. The van der Waals surface area contributed by atoms with Crippen LogP contribution in [-0.2, 0) is 11.3 Å². The van der Waals surface area contributed by atoms with E-state index in [0.29, 0.717) is 6.61 Å². The van der Waals surface area contributed by atoms with Crippen molar-refractivity contribution in [2.24, 2.45) is 0 Å². The van der Waals surface area contributed by atoms with E-state index >= 15 is 0 Å². The number of hydrogen-bond donors (Lipinski definition) is 1. The van der Waals surface area contributed by atoms with Crippen LogP contribution in [-0.4, -0.2) is 62.7 Å². The minimum Gasteiger partial charge on any atom is -0.493 e. The van der Waals surface area contributed by atoms with Gasteiger partial charge in [-0.1, -0.05) is 6.92 Å². The first-order valence-electron chi connectivity index (χ1n) is 7.60. The number of ether oxygens (including phenoxy) is 2. The molecule has 0 amide bonds. The highest BCUT2D eigenvalue weighted by molar-refractivity contribution is 5.28. The van der Waals surface area contributed by atoms with Crippen molar-refractivity contribution >= 4 is 0 Å². The molecule has 0 bridgehead atoms. The van der Waals surface area contributed by atoms with Crippen molar-refractivity contribution in [3.8, 4) is 5.75 Å². The van der Waals surface area contributed by atoms with E-state index in [2.05, 4.69) is 36.3 Å². The third kappa shape index (κ3) is 5.65. The molecule has 1 unspecified atom stereocenters. The lowest BCUT2D eigenvalue weighted by atomic mass is 10.1. The van der Waals surface area contributed by atoms with E-state index in [-0.39, 0.29) is 6.04 Å². The largest absolute Gasteiger partial charge is 0.493 e. The number of methoxy groups -OCH3 is 2. The number of nitrogens with one attached hydrogen (secondary N) is 1. The number of likely N-dealkylation sites (N-methyl/N-ethyl adjacent to an activating group) is 1. The Morgan fingerprint density at radius 2 is 2.14 bits per heavy atom. The third-order valence-electron chi connectivity index (χ3n) is 3.41. The molecular weight excluding hydrogens is 268 g/mol. The zero-order valence-corrected chi connectivity index (χ0v) is 14.1. The lowest BCUT2D eigenvalue weighted by Crippen LogP contribution is -2.28. The first-order valence-corrected chi connectivity index (χ1v) is 7.60. The van der Waals surface area contributed by atoms with E-state index in [9.17, 15) is 0 Å². The Bertz CT molecular complexity index is 385. The van der Waals surface area contributed by atoms with E-state index in [4.69, 9.17) is 9.47 Å². The monoisotopic (exact) mass is 298 g/mol. The average molecular weight is 298 g/mol. The van der Waals surface area contributed by atoms with Crippen molar-refractivity contribution in [1.82, 2.24) is 20.0 Å². The van der Waals surface area contributed by atoms with E-state index in [1.165, 1.54) is 0 Å². The molecule has 21 heavy (non-hydrogen) atoms. The van der Waals surface area contributed by atoms with Gasteiger partial charge in [-0.25, -0.2) is 0 Å². The van der Waals surface area contributed by atoms with E-state index in [1.54, 1.807) is 20.4 Å². The van der Waals surface area contributed by atoms with E-state index < -0.39 is 0 Å². The second-order valence-electron chi connectivity index (χ2n) is 5.41. The minimum atomic E-state index is 0.199. The summed E-state index contributed by atoms with van der Waals surface area (Å²) in [4.78, 5) is 2.15. The minimum absolute atomic E-state index is 0.199. The van der Waals surface area contributed by atoms with Crippen molar-refractivity contribution in [3.05, 3.63) is 11.9 Å². The van der Waals surface area contributed by atoms with Crippen LogP contribution in [0.25, 0.3) is 0 Å². The summed E-state index contributed by atoms with van der Waals surface area (Å²) in [5, 5.41) is 8.06. The van der Waals surface area contributed by atoms with Crippen LogP contribution in [0, 0.1) is 0 Å². The highest BCUT2D eigenvalue weighted by atomic mass is 16.5. The van der Waals surface area contributed by atoms with Crippen LogP contribution in [0.5, 0.6) is 5.75 Å². The molecule has 0 aliphatic heterocycles. The third-order valence-corrected chi connectivity index (χ3v) is 3.41. The van der Waals surface area contributed by atoms with Crippen LogP contribution in [0.15, 0.2) is 6.20 Å². The summed E-state index contributed by atoms with van der Waals surface area (Å²) < 4.78 is 12.8. The van der Waals surface area contributed by atoms with Crippen molar-refractivity contribution in [1.29, 1.82) is 0 Å². The fraction of sp³-hybridized carbons (Fsp3) is 0.800. The van der Waals surface area contributed by atoms with Crippen molar-refractivity contribution < 1.29 is 9.47 Å². The molecule has 6 heteroatoms. The van der Waals surface area contributed by atoms with Crippen molar-refractivity contribution in [2.75, 3.05) is 48.0 Å². The summed E-state index contributed by atoms with van der Waals surface area (Å²) in [6.07, 6.45) is 3.80. The molecule has 0 aliphatic carbocycles. The normalized spacial score (nSPS) is 12.9. The molecule has 0 spiro atoms. The summed E-state index contributed by atoms with van der Waals surface area (Å²) in [5.74, 6) is 0.846. The summed E-state index contributed by atoms with van der Waals surface area (Å²) in [6.45, 7) is 5.65. The Kier molecular flexibility index (Phi) is 8.34. The van der Waals surface area contributed by atoms with Gasteiger partial charge < -0.3 is 19.7 Å². The molecule has 1 rings (SSSR count). The molecule has 0 fully saturated rings. The van der Waals surface area contributed by atoms with Crippen LogP contribution in [0.4, 0.5) is 0 Å². The van der Waals surface area contributed by atoms with Gasteiger partial charge in [0.15, 0.2) is 5.75 Å². The van der Waals surface area contributed by atoms with Crippen LogP contribution in [0.2, 0.25) is 0 Å². The van der Waals surface area contributed by atoms with Gasteiger partial charge in [0.05, 0.1) is 31.6 Å². The highest BCUT2D eigenvalue weighted by Crippen LogP contribution is 2.27. The zero-order chi connectivity index (χ0) is 15.7.